The van der Waals surface area contributed by atoms with E-state index < -0.39 is 0 Å². The van der Waals surface area contributed by atoms with E-state index in [0.717, 1.165) is 12.1 Å². The first-order valence-electron chi connectivity index (χ1n) is 3.57. The SMILES string of the molecule is C=C(C)COCCNCC#N. The third-order valence-corrected chi connectivity index (χ3v) is 0.976. The molecule has 0 heterocycles. The number of hydrogen-bond donors (Lipinski definition) is 1. The molecule has 0 spiro atoms. The van der Waals surface area contributed by atoms with Crippen LogP contribution in [0.3, 0.4) is 0 Å². The first-order valence-corrected chi connectivity index (χ1v) is 3.57. The van der Waals surface area contributed by atoms with E-state index in [0.29, 0.717) is 19.8 Å². The van der Waals surface area contributed by atoms with Gasteiger partial charge in [-0.05, 0) is 6.92 Å². The van der Waals surface area contributed by atoms with Gasteiger partial charge in [-0.2, -0.15) is 5.26 Å². The zero-order valence-corrected chi connectivity index (χ0v) is 6.89. The first kappa shape index (κ1) is 10.2. The summed E-state index contributed by atoms with van der Waals surface area (Å²) in [5, 5.41) is 11.0. The van der Waals surface area contributed by atoms with Crippen molar-refractivity contribution in [1.82, 2.24) is 5.32 Å². The van der Waals surface area contributed by atoms with E-state index in [-0.39, 0.29) is 0 Å². The largest absolute Gasteiger partial charge is 0.376 e. The van der Waals surface area contributed by atoms with E-state index in [1.807, 2.05) is 13.0 Å². The molecule has 0 aromatic heterocycles. The molecular weight excluding hydrogens is 140 g/mol. The smallest absolute Gasteiger partial charge is 0.0841 e. The zero-order valence-electron chi connectivity index (χ0n) is 6.89. The molecule has 0 fully saturated rings. The maximum absolute atomic E-state index is 8.14. The minimum absolute atomic E-state index is 0.385. The van der Waals surface area contributed by atoms with Gasteiger partial charge in [0.05, 0.1) is 25.8 Å². The van der Waals surface area contributed by atoms with Crippen molar-refractivity contribution in [3.63, 3.8) is 0 Å². The molecule has 0 saturated heterocycles. The molecular formula is C8H14N2O. The average Bonchev–Trinajstić information content (AvgIpc) is 1.96. The standard InChI is InChI=1S/C8H14N2O/c1-8(2)7-11-6-5-10-4-3-9/h10H,1,4-7H2,2H3. The molecule has 0 aliphatic carbocycles. The molecule has 3 nitrogen and oxygen atoms in total. The molecule has 0 aliphatic rings. The van der Waals surface area contributed by atoms with Gasteiger partial charge in [0.15, 0.2) is 0 Å². The van der Waals surface area contributed by atoms with Gasteiger partial charge in [0, 0.05) is 6.54 Å². The maximum atomic E-state index is 8.14. The van der Waals surface area contributed by atoms with Crippen LogP contribution in [0.2, 0.25) is 0 Å². The molecule has 62 valence electrons. The highest BCUT2D eigenvalue weighted by atomic mass is 16.5. The molecule has 0 saturated carbocycles. The van der Waals surface area contributed by atoms with Crippen molar-refractivity contribution in [2.24, 2.45) is 0 Å². The molecule has 0 bridgehead atoms. The number of nitrogens with zero attached hydrogens (tertiary/aromatic N) is 1. The molecule has 0 amide bonds. The summed E-state index contributed by atoms with van der Waals surface area (Å²) in [6.45, 7) is 7.96. The number of rotatable bonds is 6. The van der Waals surface area contributed by atoms with Gasteiger partial charge in [0.25, 0.3) is 0 Å². The van der Waals surface area contributed by atoms with Crippen LogP contribution in [-0.2, 0) is 4.74 Å². The highest BCUT2D eigenvalue weighted by Gasteiger charge is 1.87. The predicted molar refractivity (Wildman–Crippen MR) is 44.1 cm³/mol. The predicted octanol–water partition coefficient (Wildman–Crippen LogP) is 0.692. The minimum Gasteiger partial charge on any atom is -0.376 e. The quantitative estimate of drug-likeness (QED) is 0.348. The van der Waals surface area contributed by atoms with Gasteiger partial charge in [0.2, 0.25) is 0 Å². The Hall–Kier alpha value is -0.850. The van der Waals surface area contributed by atoms with Gasteiger partial charge >= 0.3 is 0 Å². The Bertz CT molecular complexity index is 149. The molecule has 1 N–H and O–H groups in total. The zero-order chi connectivity index (χ0) is 8.53. The Labute approximate surface area is 67.7 Å². The van der Waals surface area contributed by atoms with E-state index >= 15 is 0 Å². The van der Waals surface area contributed by atoms with Crippen LogP contribution in [0.15, 0.2) is 12.2 Å². The van der Waals surface area contributed by atoms with Crippen molar-refractivity contribution in [2.45, 2.75) is 6.92 Å². The molecule has 0 aromatic carbocycles. The second-order valence-electron chi connectivity index (χ2n) is 2.34. The summed E-state index contributed by atoms with van der Waals surface area (Å²) in [4.78, 5) is 0. The second-order valence-corrected chi connectivity index (χ2v) is 2.34. The van der Waals surface area contributed by atoms with E-state index in [9.17, 15) is 0 Å². The highest BCUT2D eigenvalue weighted by Crippen LogP contribution is 1.86. The Balaban J connectivity index is 2.92. The van der Waals surface area contributed by atoms with Crippen molar-refractivity contribution in [1.29, 1.82) is 5.26 Å². The molecule has 0 atom stereocenters. The van der Waals surface area contributed by atoms with Crippen LogP contribution >= 0.6 is 0 Å². The molecule has 0 rings (SSSR count). The molecule has 0 aromatic rings. The van der Waals surface area contributed by atoms with Crippen molar-refractivity contribution in [3.8, 4) is 6.07 Å². The summed E-state index contributed by atoms with van der Waals surface area (Å²) in [5.74, 6) is 0. The molecule has 11 heavy (non-hydrogen) atoms. The number of nitrogens with one attached hydrogen (secondary N) is 1. The van der Waals surface area contributed by atoms with Gasteiger partial charge in [0.1, 0.15) is 0 Å². The van der Waals surface area contributed by atoms with Gasteiger partial charge in [-0.25, -0.2) is 0 Å². The fraction of sp³-hybridized carbons (Fsp3) is 0.625. The van der Waals surface area contributed by atoms with Crippen molar-refractivity contribution >= 4 is 0 Å². The normalized spacial score (nSPS) is 9.09. The lowest BCUT2D eigenvalue weighted by molar-refractivity contribution is 0.159. The third-order valence-electron chi connectivity index (χ3n) is 0.976. The first-order chi connectivity index (χ1) is 5.27. The Morgan fingerprint density at radius 2 is 2.45 bits per heavy atom. The van der Waals surface area contributed by atoms with Gasteiger partial charge in [-0.15, -0.1) is 0 Å². The van der Waals surface area contributed by atoms with Crippen LogP contribution in [0.5, 0.6) is 0 Å². The lowest BCUT2D eigenvalue weighted by atomic mass is 10.4. The third kappa shape index (κ3) is 9.15. The molecule has 3 heteroatoms. The summed E-state index contributed by atoms with van der Waals surface area (Å²) < 4.78 is 5.17. The van der Waals surface area contributed by atoms with Crippen LogP contribution in [0, 0.1) is 11.3 Å². The summed E-state index contributed by atoms with van der Waals surface area (Å²) in [6, 6.07) is 1.98. The van der Waals surface area contributed by atoms with Crippen molar-refractivity contribution in [2.75, 3.05) is 26.3 Å². The lowest BCUT2D eigenvalue weighted by Gasteiger charge is -2.02. The maximum Gasteiger partial charge on any atom is 0.0841 e. The highest BCUT2D eigenvalue weighted by molar-refractivity contribution is 4.87. The van der Waals surface area contributed by atoms with Gasteiger partial charge in [-0.3, -0.25) is 0 Å². The van der Waals surface area contributed by atoms with E-state index in [2.05, 4.69) is 11.9 Å². The summed E-state index contributed by atoms with van der Waals surface area (Å²) in [6.07, 6.45) is 0. The fourth-order valence-electron chi connectivity index (χ4n) is 0.535. The number of hydrogen-bond acceptors (Lipinski definition) is 3. The molecule has 0 radical (unpaired) electrons. The molecule has 0 unspecified atom stereocenters. The fourth-order valence-corrected chi connectivity index (χ4v) is 0.535. The van der Waals surface area contributed by atoms with Crippen LogP contribution in [0.1, 0.15) is 6.92 Å². The van der Waals surface area contributed by atoms with Crippen LogP contribution in [-0.4, -0.2) is 26.3 Å². The van der Waals surface area contributed by atoms with Gasteiger partial charge < -0.3 is 10.1 Å². The number of ether oxygens (including phenoxy) is 1. The van der Waals surface area contributed by atoms with Crippen LogP contribution in [0.4, 0.5) is 0 Å². The summed E-state index contributed by atoms with van der Waals surface area (Å²) in [5.41, 5.74) is 1.02. The Kier molecular flexibility index (Phi) is 6.70. The van der Waals surface area contributed by atoms with E-state index in [1.165, 1.54) is 0 Å². The van der Waals surface area contributed by atoms with Crippen LogP contribution < -0.4 is 5.32 Å². The van der Waals surface area contributed by atoms with Crippen molar-refractivity contribution in [3.05, 3.63) is 12.2 Å². The minimum atomic E-state index is 0.385. The topological polar surface area (TPSA) is 45.0 Å². The van der Waals surface area contributed by atoms with E-state index in [1.54, 1.807) is 0 Å². The van der Waals surface area contributed by atoms with Crippen LogP contribution in [0.25, 0.3) is 0 Å². The summed E-state index contributed by atoms with van der Waals surface area (Å²) >= 11 is 0. The van der Waals surface area contributed by atoms with Gasteiger partial charge in [-0.1, -0.05) is 12.2 Å². The summed E-state index contributed by atoms with van der Waals surface area (Å²) in [7, 11) is 0. The number of nitriles is 1. The van der Waals surface area contributed by atoms with Crippen molar-refractivity contribution < 1.29 is 4.74 Å². The lowest BCUT2D eigenvalue weighted by Crippen LogP contribution is -2.20. The van der Waals surface area contributed by atoms with E-state index in [4.69, 9.17) is 10.00 Å². The Morgan fingerprint density at radius 1 is 1.73 bits per heavy atom. The second kappa shape index (κ2) is 7.26. The molecule has 0 aliphatic heterocycles. The Morgan fingerprint density at radius 3 is 3.00 bits per heavy atom. The monoisotopic (exact) mass is 154 g/mol. The average molecular weight is 154 g/mol.